The average molecular weight is 494 g/mol. The Morgan fingerprint density at radius 3 is 2.46 bits per heavy atom. The smallest absolute Gasteiger partial charge is 0.191 e. The molecule has 0 aromatic carbocycles. The third-order valence-electron chi connectivity index (χ3n) is 5.04. The van der Waals surface area contributed by atoms with Crippen molar-refractivity contribution in [3.63, 3.8) is 0 Å². The predicted octanol–water partition coefficient (Wildman–Crippen LogP) is 3.48. The third-order valence-corrected chi connectivity index (χ3v) is 6.04. The number of nitrogens with one attached hydrogen (secondary N) is 2. The van der Waals surface area contributed by atoms with E-state index in [1.807, 2.05) is 18.4 Å². The molecule has 2 rings (SSSR count). The molecule has 1 aromatic heterocycles. The van der Waals surface area contributed by atoms with Gasteiger partial charge in [-0.15, -0.1) is 35.3 Å². The fourth-order valence-corrected chi connectivity index (χ4v) is 4.34. The van der Waals surface area contributed by atoms with Crippen LogP contribution in [0.4, 0.5) is 0 Å². The van der Waals surface area contributed by atoms with Crippen LogP contribution in [0.2, 0.25) is 0 Å². The Hall–Kier alpha value is -0.380. The van der Waals surface area contributed by atoms with Crippen molar-refractivity contribution in [2.75, 3.05) is 39.9 Å². The zero-order valence-electron chi connectivity index (χ0n) is 16.6. The van der Waals surface area contributed by atoms with E-state index in [4.69, 9.17) is 4.74 Å². The van der Waals surface area contributed by atoms with Gasteiger partial charge in [0.2, 0.25) is 0 Å². The fraction of sp³-hybridized carbons (Fsp3) is 0.737. The molecule has 1 saturated heterocycles. The molecule has 0 amide bonds. The molecule has 150 valence electrons. The molecule has 1 aromatic rings. The van der Waals surface area contributed by atoms with Gasteiger partial charge in [-0.1, -0.05) is 26.7 Å². The number of nitrogens with zero attached hydrogens (tertiary/aromatic N) is 2. The molecule has 0 saturated carbocycles. The molecule has 1 fully saturated rings. The minimum absolute atomic E-state index is 0. The van der Waals surface area contributed by atoms with Crippen molar-refractivity contribution in [3.05, 3.63) is 21.9 Å². The second-order valence-corrected chi connectivity index (χ2v) is 7.98. The maximum Gasteiger partial charge on any atom is 0.191 e. The monoisotopic (exact) mass is 494 g/mol. The maximum atomic E-state index is 5.54. The van der Waals surface area contributed by atoms with Gasteiger partial charge < -0.3 is 15.4 Å². The zero-order chi connectivity index (χ0) is 18.1. The van der Waals surface area contributed by atoms with Gasteiger partial charge in [0.1, 0.15) is 0 Å². The van der Waals surface area contributed by atoms with Crippen molar-refractivity contribution < 1.29 is 4.74 Å². The summed E-state index contributed by atoms with van der Waals surface area (Å²) in [5, 5.41) is 6.99. The summed E-state index contributed by atoms with van der Waals surface area (Å²) in [5.74, 6) is 1.58. The van der Waals surface area contributed by atoms with Crippen LogP contribution in [0.5, 0.6) is 0 Å². The van der Waals surface area contributed by atoms with Crippen LogP contribution in [-0.2, 0) is 11.3 Å². The summed E-state index contributed by atoms with van der Waals surface area (Å²) >= 11 is 1.83. The van der Waals surface area contributed by atoms with Crippen molar-refractivity contribution >= 4 is 41.3 Å². The van der Waals surface area contributed by atoms with Gasteiger partial charge in [0.25, 0.3) is 0 Å². The Balaban J connectivity index is 0.00000338. The molecule has 1 aliphatic rings. The second kappa shape index (κ2) is 12.9. The molecule has 2 N–H and O–H groups in total. The minimum atomic E-state index is 0. The van der Waals surface area contributed by atoms with Crippen molar-refractivity contribution in [3.8, 4) is 0 Å². The molecular weight excluding hydrogens is 459 g/mol. The average Bonchev–Trinajstić information content (AvgIpc) is 3.07. The Kier molecular flexibility index (Phi) is 11.7. The number of halogens is 1. The quantitative estimate of drug-likeness (QED) is 0.330. The summed E-state index contributed by atoms with van der Waals surface area (Å²) in [6.07, 6.45) is 2.42. The van der Waals surface area contributed by atoms with Crippen LogP contribution >= 0.6 is 35.3 Å². The van der Waals surface area contributed by atoms with Crippen LogP contribution in [0.1, 0.15) is 36.4 Å². The van der Waals surface area contributed by atoms with Gasteiger partial charge >= 0.3 is 0 Å². The lowest BCUT2D eigenvalue weighted by atomic mass is 9.92. The Bertz CT molecular complexity index is 527. The summed E-state index contributed by atoms with van der Waals surface area (Å²) in [4.78, 5) is 9.67. The first kappa shape index (κ1) is 23.7. The lowest BCUT2D eigenvalue weighted by Gasteiger charge is -2.39. The van der Waals surface area contributed by atoms with Crippen molar-refractivity contribution in [1.82, 2.24) is 15.5 Å². The number of guanidine groups is 1. The van der Waals surface area contributed by atoms with E-state index in [2.05, 4.69) is 53.4 Å². The molecule has 2 heterocycles. The van der Waals surface area contributed by atoms with E-state index in [1.165, 1.54) is 22.6 Å². The molecule has 1 aliphatic heterocycles. The highest BCUT2D eigenvalue weighted by Gasteiger charge is 2.26. The standard InChI is InChI=1S/C19H34N4OS.HI/c1-5-16(6-2)18(23-9-11-24-12-10-23)14-22-19(20-4)21-13-17-8-7-15(3)25-17;/h7-8,16,18H,5-6,9-14H2,1-4H3,(H2,20,21,22);1H. The van der Waals surface area contributed by atoms with E-state index in [9.17, 15) is 0 Å². The summed E-state index contributed by atoms with van der Waals surface area (Å²) in [7, 11) is 1.84. The van der Waals surface area contributed by atoms with Gasteiger partial charge in [0.05, 0.1) is 19.8 Å². The Labute approximate surface area is 180 Å². The zero-order valence-corrected chi connectivity index (χ0v) is 19.7. The van der Waals surface area contributed by atoms with E-state index in [-0.39, 0.29) is 24.0 Å². The maximum absolute atomic E-state index is 5.54. The van der Waals surface area contributed by atoms with Crippen LogP contribution in [0.3, 0.4) is 0 Å². The highest BCUT2D eigenvalue weighted by molar-refractivity contribution is 14.0. The lowest BCUT2D eigenvalue weighted by Crippen LogP contribution is -2.53. The number of morpholine rings is 1. The predicted molar refractivity (Wildman–Crippen MR) is 123 cm³/mol. The van der Waals surface area contributed by atoms with Crippen LogP contribution in [0.15, 0.2) is 17.1 Å². The van der Waals surface area contributed by atoms with Crippen LogP contribution in [0.25, 0.3) is 0 Å². The molecule has 1 unspecified atom stereocenters. The summed E-state index contributed by atoms with van der Waals surface area (Å²) in [6.45, 7) is 12.3. The van der Waals surface area contributed by atoms with Gasteiger partial charge in [-0.05, 0) is 25.0 Å². The van der Waals surface area contributed by atoms with Crippen molar-refractivity contribution in [2.24, 2.45) is 10.9 Å². The lowest BCUT2D eigenvalue weighted by molar-refractivity contribution is 0.00272. The topological polar surface area (TPSA) is 48.9 Å². The Morgan fingerprint density at radius 2 is 1.92 bits per heavy atom. The van der Waals surface area contributed by atoms with Gasteiger partial charge in [-0.2, -0.15) is 0 Å². The van der Waals surface area contributed by atoms with E-state index in [0.29, 0.717) is 12.0 Å². The van der Waals surface area contributed by atoms with Gasteiger partial charge in [0.15, 0.2) is 5.96 Å². The highest BCUT2D eigenvalue weighted by Crippen LogP contribution is 2.19. The van der Waals surface area contributed by atoms with Crippen molar-refractivity contribution in [1.29, 1.82) is 0 Å². The highest BCUT2D eigenvalue weighted by atomic mass is 127. The fourth-order valence-electron chi connectivity index (χ4n) is 3.51. The first-order chi connectivity index (χ1) is 12.2. The molecule has 0 aliphatic carbocycles. The number of rotatable bonds is 8. The van der Waals surface area contributed by atoms with E-state index in [1.54, 1.807) is 0 Å². The molecular formula is C19H35IN4OS. The Morgan fingerprint density at radius 1 is 1.23 bits per heavy atom. The van der Waals surface area contributed by atoms with E-state index < -0.39 is 0 Å². The van der Waals surface area contributed by atoms with Crippen LogP contribution in [0, 0.1) is 12.8 Å². The molecule has 26 heavy (non-hydrogen) atoms. The summed E-state index contributed by atoms with van der Waals surface area (Å²) in [5.41, 5.74) is 0. The number of ether oxygens (including phenoxy) is 1. The minimum Gasteiger partial charge on any atom is -0.379 e. The number of hydrogen-bond donors (Lipinski definition) is 2. The molecule has 0 radical (unpaired) electrons. The number of thiophene rings is 1. The van der Waals surface area contributed by atoms with Crippen LogP contribution in [-0.4, -0.2) is 56.8 Å². The third kappa shape index (κ3) is 7.32. The number of aliphatic imine (C=N–C) groups is 1. The van der Waals surface area contributed by atoms with Gasteiger partial charge in [0, 0.05) is 42.5 Å². The normalized spacial score (nSPS) is 17.0. The first-order valence-electron chi connectivity index (χ1n) is 9.49. The number of aryl methyl sites for hydroxylation is 1. The SMILES string of the molecule is CCC(CC)C(CNC(=NC)NCc1ccc(C)s1)N1CCOCC1.I. The molecule has 5 nitrogen and oxygen atoms in total. The van der Waals surface area contributed by atoms with E-state index >= 15 is 0 Å². The molecule has 1 atom stereocenters. The summed E-state index contributed by atoms with van der Waals surface area (Å²) < 4.78 is 5.54. The van der Waals surface area contributed by atoms with Crippen molar-refractivity contribution in [2.45, 2.75) is 46.2 Å². The molecule has 0 spiro atoms. The molecule has 0 bridgehead atoms. The van der Waals surface area contributed by atoms with Gasteiger partial charge in [-0.25, -0.2) is 0 Å². The molecule has 7 heteroatoms. The largest absolute Gasteiger partial charge is 0.379 e. The number of hydrogen-bond acceptors (Lipinski definition) is 4. The second-order valence-electron chi connectivity index (χ2n) is 6.61. The van der Waals surface area contributed by atoms with Crippen LogP contribution < -0.4 is 10.6 Å². The first-order valence-corrected chi connectivity index (χ1v) is 10.3. The summed E-state index contributed by atoms with van der Waals surface area (Å²) in [6, 6.07) is 4.88. The van der Waals surface area contributed by atoms with Gasteiger partial charge in [-0.3, -0.25) is 9.89 Å². The van der Waals surface area contributed by atoms with E-state index in [0.717, 1.165) is 45.4 Å².